The highest BCUT2D eigenvalue weighted by molar-refractivity contribution is 5.66. The van der Waals surface area contributed by atoms with E-state index in [0.717, 1.165) is 16.7 Å². The summed E-state index contributed by atoms with van der Waals surface area (Å²) in [7, 11) is 0. The number of aromatic nitrogens is 2. The van der Waals surface area contributed by atoms with Gasteiger partial charge in [0.1, 0.15) is 17.1 Å². The van der Waals surface area contributed by atoms with Gasteiger partial charge in [-0.25, -0.2) is 9.37 Å². The number of hydrogen-bond acceptors (Lipinski definition) is 3. The van der Waals surface area contributed by atoms with Gasteiger partial charge in [-0.2, -0.15) is 0 Å². The Morgan fingerprint density at radius 3 is 1.81 bits per heavy atom. The summed E-state index contributed by atoms with van der Waals surface area (Å²) in [5, 5.41) is 0. The van der Waals surface area contributed by atoms with Gasteiger partial charge in [-0.1, -0.05) is 103 Å². The molecule has 0 aliphatic rings. The van der Waals surface area contributed by atoms with Crippen molar-refractivity contribution in [1.29, 1.82) is 0 Å². The van der Waals surface area contributed by atoms with Gasteiger partial charge < -0.3 is 9.30 Å². The van der Waals surface area contributed by atoms with Gasteiger partial charge in [0.2, 0.25) is 0 Å². The van der Waals surface area contributed by atoms with Gasteiger partial charge in [-0.3, -0.25) is 4.79 Å². The number of ether oxygens (including phenoxy) is 1. The van der Waals surface area contributed by atoms with Crippen molar-refractivity contribution < 1.29 is 13.9 Å². The predicted molar refractivity (Wildman–Crippen MR) is 137 cm³/mol. The van der Waals surface area contributed by atoms with Gasteiger partial charge in [-0.05, 0) is 28.8 Å². The second-order valence-corrected chi connectivity index (χ2v) is 8.56. The number of rotatable bonds is 7. The highest BCUT2D eigenvalue weighted by Crippen LogP contribution is 2.41. The molecular weight excluding hydrogens is 451 g/mol. The molecule has 1 unspecified atom stereocenters. The molecule has 4 aromatic carbocycles. The van der Waals surface area contributed by atoms with Crippen LogP contribution in [0.2, 0.25) is 0 Å². The lowest BCUT2D eigenvalue weighted by molar-refractivity contribution is -0.144. The standard InChI is InChI=1S/C31H25FN2O2/c1-23(35)36-30(24-12-11-19-28(32)20-24)29-21-34(22-33-29)31(25-13-5-2-6-14-25,26-15-7-3-8-16-26)27-17-9-4-10-18-27/h2-22,30H,1H3. The molecule has 1 aromatic heterocycles. The van der Waals surface area contributed by atoms with Crippen molar-refractivity contribution in [3.05, 3.63) is 162 Å². The number of carbonyl (C=O) groups is 1. The minimum atomic E-state index is -0.848. The summed E-state index contributed by atoms with van der Waals surface area (Å²) in [6.45, 7) is 1.34. The molecule has 0 fully saturated rings. The summed E-state index contributed by atoms with van der Waals surface area (Å²) in [5.74, 6) is -0.879. The molecule has 0 bridgehead atoms. The molecule has 5 aromatic rings. The van der Waals surface area contributed by atoms with Crippen LogP contribution in [0.5, 0.6) is 0 Å². The Kier molecular flexibility index (Phi) is 6.46. The number of nitrogens with zero attached hydrogens (tertiary/aromatic N) is 2. The first kappa shape index (κ1) is 23.2. The molecule has 0 saturated carbocycles. The Hall–Kier alpha value is -4.51. The Labute approximate surface area is 209 Å². The predicted octanol–water partition coefficient (Wildman–Crippen LogP) is 6.51. The van der Waals surface area contributed by atoms with Crippen molar-refractivity contribution in [3.8, 4) is 0 Å². The number of carbonyl (C=O) groups excluding carboxylic acids is 1. The van der Waals surface area contributed by atoms with Crippen LogP contribution in [0.25, 0.3) is 0 Å². The Bertz CT molecular complexity index is 1350. The van der Waals surface area contributed by atoms with Gasteiger partial charge in [0.05, 0.1) is 6.33 Å². The first-order valence-corrected chi connectivity index (χ1v) is 11.7. The summed E-state index contributed by atoms with van der Waals surface area (Å²) in [5.41, 5.74) is 3.39. The molecule has 178 valence electrons. The van der Waals surface area contributed by atoms with Crippen LogP contribution in [0.3, 0.4) is 0 Å². The molecule has 4 nitrogen and oxygen atoms in total. The minimum Gasteiger partial charge on any atom is -0.451 e. The number of hydrogen-bond donors (Lipinski definition) is 0. The first-order chi connectivity index (χ1) is 17.6. The Balaban J connectivity index is 1.75. The SMILES string of the molecule is CC(=O)OC(c1cccc(F)c1)c1cn(C(c2ccccc2)(c2ccccc2)c2ccccc2)cn1. The summed E-state index contributed by atoms with van der Waals surface area (Å²) < 4.78 is 21.8. The molecule has 1 atom stereocenters. The van der Waals surface area contributed by atoms with E-state index in [1.165, 1.54) is 19.1 Å². The normalized spacial score (nSPS) is 12.2. The van der Waals surface area contributed by atoms with Crippen LogP contribution in [0.4, 0.5) is 4.39 Å². The maximum absolute atomic E-state index is 14.1. The van der Waals surface area contributed by atoms with E-state index in [-0.39, 0.29) is 0 Å². The summed E-state index contributed by atoms with van der Waals surface area (Å²) in [4.78, 5) is 16.7. The average molecular weight is 477 g/mol. The number of imidazole rings is 1. The first-order valence-electron chi connectivity index (χ1n) is 11.7. The Morgan fingerprint density at radius 1 is 0.806 bits per heavy atom. The molecule has 0 aliphatic carbocycles. The maximum Gasteiger partial charge on any atom is 0.303 e. The van der Waals surface area contributed by atoms with Gasteiger partial charge in [-0.15, -0.1) is 0 Å². The van der Waals surface area contributed by atoms with Crippen molar-refractivity contribution in [2.45, 2.75) is 18.6 Å². The molecule has 0 N–H and O–H groups in total. The van der Waals surface area contributed by atoms with E-state index >= 15 is 0 Å². The van der Waals surface area contributed by atoms with Gasteiger partial charge in [0.15, 0.2) is 6.10 Å². The maximum atomic E-state index is 14.1. The molecule has 0 amide bonds. The fraction of sp³-hybridized carbons (Fsp3) is 0.0968. The molecule has 0 spiro atoms. The summed E-state index contributed by atoms with van der Waals surface area (Å²) >= 11 is 0. The zero-order valence-corrected chi connectivity index (χ0v) is 19.8. The van der Waals surface area contributed by atoms with Gasteiger partial charge in [0, 0.05) is 18.7 Å². The van der Waals surface area contributed by atoms with E-state index in [9.17, 15) is 9.18 Å². The molecular formula is C31H25FN2O2. The zero-order chi connectivity index (χ0) is 25.0. The molecule has 5 heteroatoms. The van der Waals surface area contributed by atoms with Crippen molar-refractivity contribution in [2.24, 2.45) is 0 Å². The summed E-state index contributed by atoms with van der Waals surface area (Å²) in [6.07, 6.45) is 2.78. The van der Waals surface area contributed by atoms with Crippen LogP contribution in [0.1, 0.15) is 41.0 Å². The van der Waals surface area contributed by atoms with Gasteiger partial charge >= 0.3 is 5.97 Å². The van der Waals surface area contributed by atoms with Gasteiger partial charge in [0.25, 0.3) is 0 Å². The molecule has 5 rings (SSSR count). The average Bonchev–Trinajstić information content (AvgIpc) is 3.40. The highest BCUT2D eigenvalue weighted by atomic mass is 19.1. The second kappa shape index (κ2) is 10.0. The van der Waals surface area contributed by atoms with E-state index in [4.69, 9.17) is 4.74 Å². The molecule has 1 heterocycles. The fourth-order valence-corrected chi connectivity index (χ4v) is 4.78. The third kappa shape index (κ3) is 4.31. The molecule has 0 saturated heterocycles. The van der Waals surface area contributed by atoms with Crippen molar-refractivity contribution in [2.75, 3.05) is 0 Å². The van der Waals surface area contributed by atoms with Crippen LogP contribution in [-0.4, -0.2) is 15.5 Å². The molecule has 0 radical (unpaired) electrons. The van der Waals surface area contributed by atoms with E-state index in [2.05, 4.69) is 41.4 Å². The Morgan fingerprint density at radius 2 is 1.33 bits per heavy atom. The monoisotopic (exact) mass is 476 g/mol. The number of halogens is 1. The second-order valence-electron chi connectivity index (χ2n) is 8.56. The van der Waals surface area contributed by atoms with Crippen molar-refractivity contribution >= 4 is 5.97 Å². The highest BCUT2D eigenvalue weighted by Gasteiger charge is 2.39. The third-order valence-electron chi connectivity index (χ3n) is 6.27. The van der Waals surface area contributed by atoms with E-state index in [1.807, 2.05) is 65.4 Å². The lowest BCUT2D eigenvalue weighted by atomic mass is 9.77. The number of benzene rings is 4. The van der Waals surface area contributed by atoms with Crippen LogP contribution in [0, 0.1) is 5.82 Å². The third-order valence-corrected chi connectivity index (χ3v) is 6.27. The molecule has 0 aliphatic heterocycles. The van der Waals surface area contributed by atoms with Crippen LogP contribution in [-0.2, 0) is 15.1 Å². The van der Waals surface area contributed by atoms with E-state index in [0.29, 0.717) is 11.3 Å². The quantitative estimate of drug-likeness (QED) is 0.199. The lowest BCUT2D eigenvalue weighted by Crippen LogP contribution is -2.37. The smallest absolute Gasteiger partial charge is 0.303 e. The molecule has 36 heavy (non-hydrogen) atoms. The summed E-state index contributed by atoms with van der Waals surface area (Å²) in [6, 6.07) is 36.7. The number of esters is 1. The topological polar surface area (TPSA) is 44.1 Å². The van der Waals surface area contributed by atoms with Crippen LogP contribution >= 0.6 is 0 Å². The van der Waals surface area contributed by atoms with Crippen molar-refractivity contribution in [3.63, 3.8) is 0 Å². The van der Waals surface area contributed by atoms with Crippen molar-refractivity contribution in [1.82, 2.24) is 9.55 Å². The fourth-order valence-electron chi connectivity index (χ4n) is 4.78. The van der Waals surface area contributed by atoms with Crippen LogP contribution < -0.4 is 0 Å². The van der Waals surface area contributed by atoms with E-state index < -0.39 is 23.4 Å². The van der Waals surface area contributed by atoms with Crippen LogP contribution in [0.15, 0.2) is 128 Å². The minimum absolute atomic E-state index is 0.406. The van der Waals surface area contributed by atoms with E-state index in [1.54, 1.807) is 18.5 Å². The lowest BCUT2D eigenvalue weighted by Gasteiger charge is -2.37. The largest absolute Gasteiger partial charge is 0.451 e. The zero-order valence-electron chi connectivity index (χ0n) is 19.8.